The Labute approximate surface area is 150 Å². The summed E-state index contributed by atoms with van der Waals surface area (Å²) in [5, 5.41) is 2.36. The van der Waals surface area contributed by atoms with E-state index in [1.807, 2.05) is 12.1 Å². The van der Waals surface area contributed by atoms with Gasteiger partial charge in [-0.2, -0.15) is 0 Å². The number of para-hydroxylation sites is 1. The molecule has 3 aliphatic rings. The minimum atomic E-state index is -0.631. The molecule has 3 atom stereocenters. The third-order valence-corrected chi connectivity index (χ3v) is 6.43. The molecule has 1 N–H and O–H groups in total. The Morgan fingerprint density at radius 1 is 1.04 bits per heavy atom. The third-order valence-electron chi connectivity index (χ3n) is 6.43. The van der Waals surface area contributed by atoms with Crippen molar-refractivity contribution in [3.8, 4) is 0 Å². The predicted octanol–water partition coefficient (Wildman–Crippen LogP) is 1.16. The second kappa shape index (κ2) is 5.46. The van der Waals surface area contributed by atoms with E-state index in [2.05, 4.69) is 16.3 Å². The van der Waals surface area contributed by atoms with Crippen LogP contribution in [-0.2, 0) is 16.6 Å². The zero-order valence-corrected chi connectivity index (χ0v) is 14.8. The average Bonchev–Trinajstić information content (AvgIpc) is 3.03. The van der Waals surface area contributed by atoms with Crippen molar-refractivity contribution in [2.24, 2.45) is 18.9 Å². The van der Waals surface area contributed by atoms with Crippen LogP contribution in [0.4, 0.5) is 5.69 Å². The van der Waals surface area contributed by atoms with Gasteiger partial charge in [-0.1, -0.05) is 6.07 Å². The van der Waals surface area contributed by atoms with Crippen molar-refractivity contribution in [3.63, 3.8) is 0 Å². The maximum Gasteiger partial charge on any atom is 0.329 e. The van der Waals surface area contributed by atoms with Gasteiger partial charge in [0.15, 0.2) is 0 Å². The summed E-state index contributed by atoms with van der Waals surface area (Å²) in [4.78, 5) is 39.2. The van der Waals surface area contributed by atoms with Crippen molar-refractivity contribution < 1.29 is 9.59 Å². The highest BCUT2D eigenvalue weighted by molar-refractivity contribution is 6.00. The number of nitrogens with zero attached hydrogens (tertiary/aromatic N) is 3. The van der Waals surface area contributed by atoms with Gasteiger partial charge in [-0.15, -0.1) is 0 Å². The minimum Gasteiger partial charge on any atom is -0.369 e. The SMILES string of the molecule is Cn1c(=O)n(C2CCC(=O)NC2=O)c2cccc(N3CC4CCC4C3)c21. The summed E-state index contributed by atoms with van der Waals surface area (Å²) < 4.78 is 3.21. The van der Waals surface area contributed by atoms with E-state index in [4.69, 9.17) is 0 Å². The van der Waals surface area contributed by atoms with Crippen LogP contribution in [0, 0.1) is 11.8 Å². The van der Waals surface area contributed by atoms with Crippen LogP contribution < -0.4 is 15.9 Å². The van der Waals surface area contributed by atoms with Crippen molar-refractivity contribution >= 4 is 28.5 Å². The van der Waals surface area contributed by atoms with Crippen molar-refractivity contribution in [1.29, 1.82) is 0 Å². The molecule has 1 aromatic heterocycles. The Morgan fingerprint density at radius 3 is 2.42 bits per heavy atom. The molecule has 0 bridgehead atoms. The predicted molar refractivity (Wildman–Crippen MR) is 97.0 cm³/mol. The standard InChI is InChI=1S/C19H22N4O3/c1-21-17-13(22-9-11-5-6-12(11)10-22)3-2-4-14(17)23(19(21)26)15-7-8-16(24)20-18(15)25/h2-4,11-12,15H,5-10H2,1H3,(H,20,24,25). The van der Waals surface area contributed by atoms with Gasteiger partial charge in [-0.25, -0.2) is 4.79 Å². The summed E-state index contributed by atoms with van der Waals surface area (Å²) >= 11 is 0. The van der Waals surface area contributed by atoms with Crippen molar-refractivity contribution in [2.75, 3.05) is 18.0 Å². The van der Waals surface area contributed by atoms with Gasteiger partial charge >= 0.3 is 5.69 Å². The van der Waals surface area contributed by atoms with Crippen LogP contribution in [0.2, 0.25) is 0 Å². The molecule has 0 radical (unpaired) electrons. The molecule has 1 aliphatic carbocycles. The summed E-state index contributed by atoms with van der Waals surface area (Å²) in [6.45, 7) is 2.09. The molecule has 3 heterocycles. The Hall–Kier alpha value is -2.57. The van der Waals surface area contributed by atoms with Crippen molar-refractivity contribution in [1.82, 2.24) is 14.5 Å². The number of imide groups is 1. The molecule has 1 aromatic carbocycles. The molecular weight excluding hydrogens is 332 g/mol. The number of anilines is 1. The number of benzene rings is 1. The number of hydrogen-bond acceptors (Lipinski definition) is 4. The second-order valence-corrected chi connectivity index (χ2v) is 7.83. The highest BCUT2D eigenvalue weighted by Gasteiger charge is 2.40. The maximum absolute atomic E-state index is 13.0. The zero-order chi connectivity index (χ0) is 18.0. The first kappa shape index (κ1) is 15.7. The largest absolute Gasteiger partial charge is 0.369 e. The van der Waals surface area contributed by atoms with E-state index in [0.29, 0.717) is 6.42 Å². The van der Waals surface area contributed by atoms with Gasteiger partial charge in [0.05, 0.1) is 16.7 Å². The Kier molecular flexibility index (Phi) is 3.29. The van der Waals surface area contributed by atoms with Crippen molar-refractivity contribution in [3.05, 3.63) is 28.7 Å². The minimum absolute atomic E-state index is 0.205. The fraction of sp³-hybridized carbons (Fsp3) is 0.526. The van der Waals surface area contributed by atoms with E-state index in [1.54, 1.807) is 16.2 Å². The highest BCUT2D eigenvalue weighted by atomic mass is 16.2. The first-order valence-corrected chi connectivity index (χ1v) is 9.33. The lowest BCUT2D eigenvalue weighted by atomic mass is 9.77. The molecule has 7 nitrogen and oxygen atoms in total. The lowest BCUT2D eigenvalue weighted by Gasteiger charge is -2.27. The Morgan fingerprint density at radius 2 is 1.77 bits per heavy atom. The molecule has 3 fully saturated rings. The van der Waals surface area contributed by atoms with Gasteiger partial charge in [-0.05, 0) is 43.2 Å². The number of imidazole rings is 1. The lowest BCUT2D eigenvalue weighted by Crippen LogP contribution is -2.44. The molecular formula is C19H22N4O3. The fourth-order valence-corrected chi connectivity index (χ4v) is 4.86. The quantitative estimate of drug-likeness (QED) is 0.822. The fourth-order valence-electron chi connectivity index (χ4n) is 4.86. The number of fused-ring (bicyclic) bond motifs is 2. The molecule has 2 saturated heterocycles. The molecule has 1 saturated carbocycles. The first-order valence-electron chi connectivity index (χ1n) is 9.33. The average molecular weight is 354 g/mol. The molecule has 0 spiro atoms. The number of carbonyl (C=O) groups is 2. The first-order chi connectivity index (χ1) is 12.5. The van der Waals surface area contributed by atoms with E-state index in [9.17, 15) is 14.4 Å². The van der Waals surface area contributed by atoms with E-state index in [0.717, 1.165) is 41.6 Å². The van der Waals surface area contributed by atoms with Crippen LogP contribution in [-0.4, -0.2) is 34.0 Å². The topological polar surface area (TPSA) is 76.3 Å². The van der Waals surface area contributed by atoms with E-state index in [1.165, 1.54) is 12.8 Å². The third kappa shape index (κ3) is 2.09. The molecule has 5 rings (SSSR count). The Balaban J connectivity index is 1.64. The number of amides is 2. The van der Waals surface area contributed by atoms with Crippen LogP contribution in [0.15, 0.2) is 23.0 Å². The molecule has 3 unspecified atom stereocenters. The number of piperidine rings is 1. The van der Waals surface area contributed by atoms with Crippen LogP contribution >= 0.6 is 0 Å². The maximum atomic E-state index is 13.0. The number of aryl methyl sites for hydroxylation is 1. The summed E-state index contributed by atoms with van der Waals surface area (Å²) in [7, 11) is 1.77. The van der Waals surface area contributed by atoms with E-state index < -0.39 is 6.04 Å². The Bertz CT molecular complexity index is 977. The summed E-state index contributed by atoms with van der Waals surface area (Å²) in [6, 6.07) is 5.30. The normalized spacial score (nSPS) is 28.2. The lowest BCUT2D eigenvalue weighted by molar-refractivity contribution is -0.135. The van der Waals surface area contributed by atoms with Crippen LogP contribution in [0.5, 0.6) is 0 Å². The smallest absolute Gasteiger partial charge is 0.329 e. The van der Waals surface area contributed by atoms with E-state index >= 15 is 0 Å². The zero-order valence-electron chi connectivity index (χ0n) is 14.8. The summed E-state index contributed by atoms with van der Waals surface area (Å²) in [5.74, 6) is 0.896. The van der Waals surface area contributed by atoms with Gasteiger partial charge < -0.3 is 4.90 Å². The number of rotatable bonds is 2. The molecule has 2 amide bonds. The highest BCUT2D eigenvalue weighted by Crippen LogP contribution is 2.43. The molecule has 136 valence electrons. The second-order valence-electron chi connectivity index (χ2n) is 7.83. The van der Waals surface area contributed by atoms with Gasteiger partial charge in [0.1, 0.15) is 6.04 Å². The van der Waals surface area contributed by atoms with E-state index in [-0.39, 0.29) is 23.9 Å². The summed E-state index contributed by atoms with van der Waals surface area (Å²) in [6.07, 6.45) is 3.22. The van der Waals surface area contributed by atoms with Gasteiger partial charge in [0, 0.05) is 26.6 Å². The number of hydrogen-bond donors (Lipinski definition) is 1. The van der Waals surface area contributed by atoms with Crippen LogP contribution in [0.3, 0.4) is 0 Å². The molecule has 2 aliphatic heterocycles. The summed E-state index contributed by atoms with van der Waals surface area (Å²) in [5.41, 5.74) is 2.51. The molecule has 26 heavy (non-hydrogen) atoms. The molecule has 7 heteroatoms. The van der Waals surface area contributed by atoms with Gasteiger partial charge in [0.2, 0.25) is 11.8 Å². The van der Waals surface area contributed by atoms with Gasteiger partial charge in [0.25, 0.3) is 0 Å². The number of aromatic nitrogens is 2. The van der Waals surface area contributed by atoms with Crippen molar-refractivity contribution in [2.45, 2.75) is 31.7 Å². The van der Waals surface area contributed by atoms with Gasteiger partial charge in [-0.3, -0.25) is 24.0 Å². The molecule has 2 aromatic rings. The number of nitrogens with one attached hydrogen (secondary N) is 1. The monoisotopic (exact) mass is 354 g/mol. The van der Waals surface area contributed by atoms with Crippen LogP contribution in [0.1, 0.15) is 31.7 Å². The number of carbonyl (C=O) groups excluding carboxylic acids is 2. The van der Waals surface area contributed by atoms with Crippen LogP contribution in [0.25, 0.3) is 11.0 Å².